The van der Waals surface area contributed by atoms with Gasteiger partial charge < -0.3 is 10.0 Å². The van der Waals surface area contributed by atoms with Gasteiger partial charge in [0, 0.05) is 19.0 Å². The Hall–Kier alpha value is -0.280. The molecule has 1 saturated heterocycles. The van der Waals surface area contributed by atoms with E-state index in [-0.39, 0.29) is 17.7 Å². The molecule has 15 heavy (non-hydrogen) atoms. The molecule has 1 amide bonds. The molecule has 1 saturated carbocycles. The summed E-state index contributed by atoms with van der Waals surface area (Å²) in [5.41, 5.74) is -0.499. The van der Waals surface area contributed by atoms with Crippen LogP contribution in [0.4, 0.5) is 0 Å². The van der Waals surface area contributed by atoms with E-state index in [4.69, 9.17) is 11.6 Å². The fourth-order valence-corrected chi connectivity index (χ4v) is 3.05. The predicted octanol–water partition coefficient (Wildman–Crippen LogP) is 1.38. The number of piperidine rings is 1. The smallest absolute Gasteiger partial charge is 0.237 e. The van der Waals surface area contributed by atoms with Gasteiger partial charge in [-0.15, -0.1) is 11.6 Å². The summed E-state index contributed by atoms with van der Waals surface area (Å²) in [6.07, 6.45) is 4.97. The minimum absolute atomic E-state index is 0.00397. The number of carbonyl (C=O) groups is 1. The first-order valence-corrected chi connectivity index (χ1v) is 6.25. The zero-order valence-electron chi connectivity index (χ0n) is 8.91. The van der Waals surface area contributed by atoms with Gasteiger partial charge in [-0.3, -0.25) is 4.79 Å². The van der Waals surface area contributed by atoms with Crippen LogP contribution in [0.25, 0.3) is 0 Å². The van der Waals surface area contributed by atoms with Crippen LogP contribution in [-0.2, 0) is 4.79 Å². The summed E-state index contributed by atoms with van der Waals surface area (Å²) in [7, 11) is 0. The Morgan fingerprint density at radius 3 is 3.00 bits per heavy atom. The third kappa shape index (κ3) is 2.13. The van der Waals surface area contributed by atoms with E-state index >= 15 is 0 Å². The molecule has 3 nitrogen and oxygen atoms in total. The molecule has 2 aliphatic rings. The van der Waals surface area contributed by atoms with Crippen LogP contribution < -0.4 is 0 Å². The van der Waals surface area contributed by atoms with Crippen LogP contribution in [-0.4, -0.2) is 40.5 Å². The molecule has 0 spiro atoms. The van der Waals surface area contributed by atoms with Gasteiger partial charge in [-0.25, -0.2) is 0 Å². The van der Waals surface area contributed by atoms with Crippen molar-refractivity contribution in [3.63, 3.8) is 0 Å². The molecule has 0 radical (unpaired) electrons. The molecule has 2 unspecified atom stereocenters. The van der Waals surface area contributed by atoms with Crippen LogP contribution in [0.5, 0.6) is 0 Å². The van der Waals surface area contributed by atoms with E-state index in [1.54, 1.807) is 4.90 Å². The number of fused-ring (bicyclic) bond motifs is 1. The van der Waals surface area contributed by atoms with Crippen molar-refractivity contribution >= 4 is 17.5 Å². The zero-order valence-corrected chi connectivity index (χ0v) is 9.67. The number of carbonyl (C=O) groups excluding carboxylic acids is 1. The van der Waals surface area contributed by atoms with Crippen molar-refractivity contribution in [2.45, 2.75) is 37.7 Å². The molecule has 1 N–H and O–H groups in total. The molecule has 0 bridgehead atoms. The summed E-state index contributed by atoms with van der Waals surface area (Å²) >= 11 is 5.54. The maximum absolute atomic E-state index is 11.5. The minimum atomic E-state index is -0.499. The summed E-state index contributed by atoms with van der Waals surface area (Å²) < 4.78 is 0. The second-order valence-corrected chi connectivity index (χ2v) is 5.04. The van der Waals surface area contributed by atoms with Crippen LogP contribution in [0.15, 0.2) is 0 Å². The van der Waals surface area contributed by atoms with Crippen LogP contribution in [0.1, 0.15) is 32.1 Å². The number of halogens is 1. The Labute approximate surface area is 95.4 Å². The number of rotatable bonds is 1. The Balaban J connectivity index is 2.02. The van der Waals surface area contributed by atoms with Gasteiger partial charge in [-0.1, -0.05) is 12.8 Å². The topological polar surface area (TPSA) is 40.5 Å². The fraction of sp³-hybridized carbons (Fsp3) is 0.909. The molecule has 86 valence electrons. The van der Waals surface area contributed by atoms with Crippen molar-refractivity contribution in [1.29, 1.82) is 0 Å². The fourth-order valence-electron chi connectivity index (χ4n) is 2.88. The highest BCUT2D eigenvalue weighted by atomic mass is 35.5. The minimum Gasteiger partial charge on any atom is -0.389 e. The van der Waals surface area contributed by atoms with Gasteiger partial charge in [0.1, 0.15) is 5.88 Å². The van der Waals surface area contributed by atoms with E-state index in [1.807, 2.05) is 0 Å². The lowest BCUT2D eigenvalue weighted by atomic mass is 9.71. The standard InChI is InChI=1S/C11H18ClNO2/c12-7-10(14)13-6-5-11(15)4-2-1-3-9(11)8-13/h9,15H,1-8H2. The van der Waals surface area contributed by atoms with Gasteiger partial charge in [-0.2, -0.15) is 0 Å². The molecule has 0 aromatic carbocycles. The SMILES string of the molecule is O=C(CCl)N1CCC2(O)CCCCC2C1. The number of likely N-dealkylation sites (tertiary alicyclic amines) is 1. The third-order valence-electron chi connectivity index (χ3n) is 3.89. The first-order valence-electron chi connectivity index (χ1n) is 5.72. The molecule has 2 rings (SSSR count). The van der Waals surface area contributed by atoms with E-state index in [9.17, 15) is 9.90 Å². The van der Waals surface area contributed by atoms with Crippen molar-refractivity contribution < 1.29 is 9.90 Å². The van der Waals surface area contributed by atoms with E-state index in [0.717, 1.165) is 25.7 Å². The molecule has 1 aliphatic heterocycles. The molecule has 1 aliphatic carbocycles. The normalized spacial score (nSPS) is 36.1. The lowest BCUT2D eigenvalue weighted by Crippen LogP contribution is -2.54. The van der Waals surface area contributed by atoms with E-state index in [1.165, 1.54) is 6.42 Å². The maximum atomic E-state index is 11.5. The number of hydrogen-bond acceptors (Lipinski definition) is 2. The largest absolute Gasteiger partial charge is 0.389 e. The number of hydrogen-bond donors (Lipinski definition) is 1. The lowest BCUT2D eigenvalue weighted by Gasteiger charge is -2.47. The van der Waals surface area contributed by atoms with Crippen molar-refractivity contribution in [1.82, 2.24) is 4.90 Å². The Kier molecular flexibility index (Phi) is 3.21. The van der Waals surface area contributed by atoms with Gasteiger partial charge in [-0.05, 0) is 19.3 Å². The van der Waals surface area contributed by atoms with Crippen molar-refractivity contribution in [3.8, 4) is 0 Å². The summed E-state index contributed by atoms with van der Waals surface area (Å²) in [4.78, 5) is 13.3. The molecular weight excluding hydrogens is 214 g/mol. The Bertz CT molecular complexity index is 259. The van der Waals surface area contributed by atoms with Gasteiger partial charge >= 0.3 is 0 Å². The highest BCUT2D eigenvalue weighted by molar-refractivity contribution is 6.27. The maximum Gasteiger partial charge on any atom is 0.237 e. The van der Waals surface area contributed by atoms with E-state index in [2.05, 4.69) is 0 Å². The van der Waals surface area contributed by atoms with Crippen LogP contribution in [0, 0.1) is 5.92 Å². The molecule has 4 heteroatoms. The van der Waals surface area contributed by atoms with Gasteiger partial charge in [0.2, 0.25) is 5.91 Å². The third-order valence-corrected chi connectivity index (χ3v) is 4.12. The van der Waals surface area contributed by atoms with E-state index in [0.29, 0.717) is 13.1 Å². The van der Waals surface area contributed by atoms with E-state index < -0.39 is 5.60 Å². The zero-order chi connectivity index (χ0) is 10.9. The summed E-state index contributed by atoms with van der Waals surface area (Å²) in [5, 5.41) is 10.4. The quantitative estimate of drug-likeness (QED) is 0.693. The number of nitrogens with zero attached hydrogens (tertiary/aromatic N) is 1. The second-order valence-electron chi connectivity index (χ2n) is 4.77. The molecule has 0 aromatic rings. The highest BCUT2D eigenvalue weighted by Crippen LogP contribution is 2.39. The van der Waals surface area contributed by atoms with Crippen LogP contribution in [0.2, 0.25) is 0 Å². The first kappa shape index (κ1) is 11.2. The number of alkyl halides is 1. The Morgan fingerprint density at radius 1 is 1.47 bits per heavy atom. The molecule has 2 fully saturated rings. The average Bonchev–Trinajstić information content (AvgIpc) is 2.26. The summed E-state index contributed by atoms with van der Waals surface area (Å²) in [5.74, 6) is 0.335. The second kappa shape index (κ2) is 4.30. The van der Waals surface area contributed by atoms with Crippen LogP contribution >= 0.6 is 11.6 Å². The summed E-state index contributed by atoms with van der Waals surface area (Å²) in [6, 6.07) is 0. The van der Waals surface area contributed by atoms with Gasteiger partial charge in [0.15, 0.2) is 0 Å². The van der Waals surface area contributed by atoms with Crippen LogP contribution in [0.3, 0.4) is 0 Å². The lowest BCUT2D eigenvalue weighted by molar-refractivity contribution is -0.140. The molecule has 2 atom stereocenters. The van der Waals surface area contributed by atoms with Crippen molar-refractivity contribution in [2.24, 2.45) is 5.92 Å². The van der Waals surface area contributed by atoms with Crippen molar-refractivity contribution in [2.75, 3.05) is 19.0 Å². The highest BCUT2D eigenvalue weighted by Gasteiger charge is 2.43. The molecular formula is C11H18ClNO2. The van der Waals surface area contributed by atoms with Gasteiger partial charge in [0.05, 0.1) is 5.60 Å². The number of aliphatic hydroxyl groups is 1. The first-order chi connectivity index (χ1) is 7.15. The average molecular weight is 232 g/mol. The van der Waals surface area contributed by atoms with Gasteiger partial charge in [0.25, 0.3) is 0 Å². The summed E-state index contributed by atoms with van der Waals surface area (Å²) in [6.45, 7) is 1.36. The number of amides is 1. The van der Waals surface area contributed by atoms with Crippen molar-refractivity contribution in [3.05, 3.63) is 0 Å². The molecule has 1 heterocycles. The Morgan fingerprint density at radius 2 is 2.27 bits per heavy atom. The molecule has 0 aromatic heterocycles. The monoisotopic (exact) mass is 231 g/mol. The predicted molar refractivity (Wildman–Crippen MR) is 58.8 cm³/mol.